The summed E-state index contributed by atoms with van der Waals surface area (Å²) in [6, 6.07) is 0. The van der Waals surface area contributed by atoms with Gasteiger partial charge in [0.05, 0.1) is 26.4 Å². The molecule has 2 unspecified atom stereocenters. The Balaban J connectivity index is 2.46. The fourth-order valence-corrected chi connectivity index (χ4v) is 3.61. The van der Waals surface area contributed by atoms with E-state index < -0.39 is 0 Å². The van der Waals surface area contributed by atoms with Gasteiger partial charge in [-0.05, 0) is 30.6 Å². The molecule has 0 spiro atoms. The van der Waals surface area contributed by atoms with Crippen LogP contribution in [0, 0.1) is 11.3 Å². The highest BCUT2D eigenvalue weighted by Crippen LogP contribution is 2.43. The van der Waals surface area contributed by atoms with E-state index in [1.54, 1.807) is 0 Å². The van der Waals surface area contributed by atoms with E-state index in [0.717, 1.165) is 19.4 Å². The summed E-state index contributed by atoms with van der Waals surface area (Å²) in [7, 11) is 0. The van der Waals surface area contributed by atoms with Crippen molar-refractivity contribution in [3.05, 3.63) is 0 Å². The van der Waals surface area contributed by atoms with Crippen LogP contribution in [-0.4, -0.2) is 48.7 Å². The van der Waals surface area contributed by atoms with E-state index in [4.69, 9.17) is 9.84 Å². The summed E-state index contributed by atoms with van der Waals surface area (Å²) >= 11 is 0. The quantitative estimate of drug-likeness (QED) is 0.601. The Hall–Kier alpha value is -0.160. The van der Waals surface area contributed by atoms with Crippen LogP contribution in [0.2, 0.25) is 0 Å². The average molecular weight is 259 g/mol. The van der Waals surface area contributed by atoms with Crippen LogP contribution >= 0.6 is 0 Å². The summed E-state index contributed by atoms with van der Waals surface area (Å²) < 4.78 is 5.25. The number of hydrogen-bond acceptors (Lipinski definition) is 4. The molecule has 2 atom stereocenters. The highest BCUT2D eigenvalue weighted by Gasteiger charge is 2.41. The summed E-state index contributed by atoms with van der Waals surface area (Å²) in [6.07, 6.45) is 3.24. The minimum Gasteiger partial charge on any atom is -0.394 e. The number of aliphatic hydroxyl groups excluding tert-OH is 2. The number of rotatable bonds is 7. The van der Waals surface area contributed by atoms with Gasteiger partial charge in [-0.2, -0.15) is 0 Å². The number of hydrogen-bond donors (Lipinski definition) is 3. The van der Waals surface area contributed by atoms with Crippen molar-refractivity contribution in [1.29, 1.82) is 0 Å². The molecule has 4 nitrogen and oxygen atoms in total. The van der Waals surface area contributed by atoms with Crippen LogP contribution < -0.4 is 5.32 Å². The fraction of sp³-hybridized carbons (Fsp3) is 1.00. The zero-order chi connectivity index (χ0) is 13.6. The molecule has 0 aromatic carbocycles. The molecular formula is C14H29NO3. The molecule has 3 N–H and O–H groups in total. The predicted octanol–water partition coefficient (Wildman–Crippen LogP) is 1.16. The van der Waals surface area contributed by atoms with Crippen molar-refractivity contribution in [2.45, 2.75) is 45.6 Å². The van der Waals surface area contributed by atoms with Gasteiger partial charge in [0.2, 0.25) is 0 Å². The normalized spacial score (nSPS) is 31.5. The number of aliphatic hydroxyl groups is 2. The lowest BCUT2D eigenvalue weighted by Gasteiger charge is -2.47. The fourth-order valence-electron chi connectivity index (χ4n) is 3.61. The number of ether oxygens (including phenoxy) is 1. The molecule has 1 aliphatic rings. The zero-order valence-corrected chi connectivity index (χ0v) is 12.0. The summed E-state index contributed by atoms with van der Waals surface area (Å²) in [4.78, 5) is 0. The van der Waals surface area contributed by atoms with Gasteiger partial charge < -0.3 is 20.3 Å². The largest absolute Gasteiger partial charge is 0.394 e. The molecule has 108 valence electrons. The van der Waals surface area contributed by atoms with Gasteiger partial charge in [-0.15, -0.1) is 0 Å². The molecule has 0 amide bonds. The molecular weight excluding hydrogens is 230 g/mol. The summed E-state index contributed by atoms with van der Waals surface area (Å²) in [6.45, 7) is 8.75. The standard InChI is InChI=1S/C14H29NO3/c1-12-8-13(2,3)10-14(9-12,11-17)15-4-6-18-7-5-16/h12,15-17H,4-11H2,1-3H3. The lowest BCUT2D eigenvalue weighted by Crippen LogP contribution is -2.56. The van der Waals surface area contributed by atoms with Crippen molar-refractivity contribution in [3.8, 4) is 0 Å². The first kappa shape index (κ1) is 15.9. The van der Waals surface area contributed by atoms with Crippen LogP contribution in [0.1, 0.15) is 40.0 Å². The molecule has 18 heavy (non-hydrogen) atoms. The minimum absolute atomic E-state index is 0.0647. The topological polar surface area (TPSA) is 61.7 Å². The Morgan fingerprint density at radius 1 is 1.22 bits per heavy atom. The van der Waals surface area contributed by atoms with E-state index in [9.17, 15) is 5.11 Å². The Morgan fingerprint density at radius 3 is 2.50 bits per heavy atom. The van der Waals surface area contributed by atoms with E-state index >= 15 is 0 Å². The summed E-state index contributed by atoms with van der Waals surface area (Å²) in [5.74, 6) is 0.631. The molecule has 0 aromatic rings. The molecule has 0 aliphatic heterocycles. The molecule has 1 rings (SSSR count). The van der Waals surface area contributed by atoms with Gasteiger partial charge in [0, 0.05) is 12.1 Å². The third-order valence-corrected chi connectivity index (χ3v) is 3.74. The second-order valence-electron chi connectivity index (χ2n) is 6.56. The van der Waals surface area contributed by atoms with Gasteiger partial charge in [-0.1, -0.05) is 20.8 Å². The Labute approximate surface area is 111 Å². The van der Waals surface area contributed by atoms with Crippen molar-refractivity contribution in [1.82, 2.24) is 5.32 Å². The first-order chi connectivity index (χ1) is 8.43. The van der Waals surface area contributed by atoms with Crippen LogP contribution in [0.5, 0.6) is 0 Å². The van der Waals surface area contributed by atoms with Crippen LogP contribution in [0.4, 0.5) is 0 Å². The smallest absolute Gasteiger partial charge is 0.0698 e. The van der Waals surface area contributed by atoms with Crippen LogP contribution in [-0.2, 0) is 4.74 Å². The van der Waals surface area contributed by atoms with Crippen molar-refractivity contribution < 1.29 is 14.9 Å². The van der Waals surface area contributed by atoms with Gasteiger partial charge in [0.1, 0.15) is 0 Å². The maximum Gasteiger partial charge on any atom is 0.0698 e. The zero-order valence-electron chi connectivity index (χ0n) is 12.0. The van der Waals surface area contributed by atoms with E-state index in [1.807, 2.05) is 0 Å². The lowest BCUT2D eigenvalue weighted by atomic mass is 9.64. The van der Waals surface area contributed by atoms with E-state index in [2.05, 4.69) is 26.1 Å². The summed E-state index contributed by atoms with van der Waals surface area (Å²) in [5, 5.41) is 21.9. The highest BCUT2D eigenvalue weighted by molar-refractivity contribution is 4.98. The van der Waals surface area contributed by atoms with Gasteiger partial charge in [0.15, 0.2) is 0 Å². The van der Waals surface area contributed by atoms with Crippen molar-refractivity contribution in [2.75, 3.05) is 33.0 Å². The van der Waals surface area contributed by atoms with E-state index in [0.29, 0.717) is 19.1 Å². The molecule has 0 saturated heterocycles. The molecule has 1 saturated carbocycles. The third-order valence-electron chi connectivity index (χ3n) is 3.74. The van der Waals surface area contributed by atoms with Gasteiger partial charge in [-0.3, -0.25) is 0 Å². The molecule has 1 aliphatic carbocycles. The monoisotopic (exact) mass is 259 g/mol. The van der Waals surface area contributed by atoms with Gasteiger partial charge >= 0.3 is 0 Å². The lowest BCUT2D eigenvalue weighted by molar-refractivity contribution is 0.0267. The first-order valence-electron chi connectivity index (χ1n) is 6.97. The highest BCUT2D eigenvalue weighted by atomic mass is 16.5. The second kappa shape index (κ2) is 6.85. The molecule has 0 heterocycles. The van der Waals surface area contributed by atoms with Crippen molar-refractivity contribution in [3.63, 3.8) is 0 Å². The number of nitrogens with one attached hydrogen (secondary N) is 1. The molecule has 0 radical (unpaired) electrons. The Kier molecular flexibility index (Phi) is 6.05. The van der Waals surface area contributed by atoms with Crippen LogP contribution in [0.3, 0.4) is 0 Å². The SMILES string of the molecule is CC1CC(C)(C)CC(CO)(NCCOCCO)C1. The van der Waals surface area contributed by atoms with Crippen LogP contribution in [0.25, 0.3) is 0 Å². The molecule has 0 aromatic heterocycles. The maximum absolute atomic E-state index is 9.75. The predicted molar refractivity (Wildman–Crippen MR) is 72.5 cm³/mol. The third kappa shape index (κ3) is 4.84. The average Bonchev–Trinajstić information content (AvgIpc) is 2.26. The molecule has 0 bridgehead atoms. The van der Waals surface area contributed by atoms with E-state index in [1.165, 1.54) is 6.42 Å². The first-order valence-corrected chi connectivity index (χ1v) is 6.97. The Morgan fingerprint density at radius 2 is 1.94 bits per heavy atom. The minimum atomic E-state index is -0.163. The van der Waals surface area contributed by atoms with Crippen molar-refractivity contribution >= 4 is 0 Å². The van der Waals surface area contributed by atoms with Crippen LogP contribution in [0.15, 0.2) is 0 Å². The van der Waals surface area contributed by atoms with Crippen molar-refractivity contribution in [2.24, 2.45) is 11.3 Å². The molecule has 4 heteroatoms. The summed E-state index contributed by atoms with van der Waals surface area (Å²) in [5.41, 5.74) is 0.114. The maximum atomic E-state index is 9.75. The molecule has 1 fully saturated rings. The second-order valence-corrected chi connectivity index (χ2v) is 6.56. The Bertz CT molecular complexity index is 245. The van der Waals surface area contributed by atoms with E-state index in [-0.39, 0.29) is 24.2 Å². The van der Waals surface area contributed by atoms with Gasteiger partial charge in [0.25, 0.3) is 0 Å². The van der Waals surface area contributed by atoms with Gasteiger partial charge in [-0.25, -0.2) is 0 Å².